The Morgan fingerprint density at radius 1 is 1.17 bits per heavy atom. The maximum Gasteiger partial charge on any atom is 0.261 e. The van der Waals surface area contributed by atoms with E-state index in [9.17, 15) is 26.7 Å². The normalized spacial score (nSPS) is 18.8. The predicted octanol–water partition coefficient (Wildman–Crippen LogP) is 3.03. The number of ether oxygens (including phenoxy) is 2. The fourth-order valence-electron chi connectivity index (χ4n) is 4.60. The van der Waals surface area contributed by atoms with Gasteiger partial charge in [0.05, 0.1) is 37.6 Å². The van der Waals surface area contributed by atoms with E-state index < -0.39 is 32.2 Å². The summed E-state index contributed by atoms with van der Waals surface area (Å²) < 4.78 is 67.9. The average molecular weight is 638 g/mol. The van der Waals surface area contributed by atoms with Gasteiger partial charge in [0.1, 0.15) is 21.8 Å². The van der Waals surface area contributed by atoms with E-state index >= 15 is 0 Å². The molecule has 0 bridgehead atoms. The summed E-state index contributed by atoms with van der Waals surface area (Å²) in [6.45, 7) is 3.56. The molecule has 4 rings (SSSR count). The fraction of sp³-hybridized carbons (Fsp3) is 0.393. The van der Waals surface area contributed by atoms with Crippen LogP contribution in [-0.4, -0.2) is 83.1 Å². The molecule has 3 aromatic rings. The highest BCUT2D eigenvalue weighted by atomic mass is 32.2. The molecule has 14 heteroatoms. The predicted molar refractivity (Wildman–Crippen MR) is 160 cm³/mol. The monoisotopic (exact) mass is 637 g/mol. The van der Waals surface area contributed by atoms with Crippen molar-refractivity contribution in [3.05, 3.63) is 65.5 Å². The smallest absolute Gasteiger partial charge is 0.261 e. The minimum atomic E-state index is -3.95. The van der Waals surface area contributed by atoms with E-state index in [0.29, 0.717) is 17.1 Å². The van der Waals surface area contributed by atoms with Gasteiger partial charge in [-0.3, -0.25) is 9.52 Å². The van der Waals surface area contributed by atoms with Crippen molar-refractivity contribution in [1.82, 2.24) is 9.21 Å². The Kier molecular flexibility index (Phi) is 9.83. The molecular weight excluding hydrogens is 603 g/mol. The van der Waals surface area contributed by atoms with Crippen molar-refractivity contribution in [2.45, 2.75) is 41.5 Å². The lowest BCUT2D eigenvalue weighted by Crippen LogP contribution is -2.48. The number of rotatable bonds is 10. The van der Waals surface area contributed by atoms with Crippen LogP contribution in [0.3, 0.4) is 0 Å². The van der Waals surface area contributed by atoms with Gasteiger partial charge in [0.25, 0.3) is 20.0 Å². The summed E-state index contributed by atoms with van der Waals surface area (Å²) in [4.78, 5) is 15.0. The molecule has 1 aromatic heterocycles. The molecule has 2 aromatic carbocycles. The Hall–Kier alpha value is -3.17. The lowest BCUT2D eigenvalue weighted by atomic mass is 10.0. The van der Waals surface area contributed by atoms with E-state index in [2.05, 4.69) is 4.72 Å². The summed E-state index contributed by atoms with van der Waals surface area (Å²) in [6.07, 6.45) is -0.773. The third-order valence-corrected chi connectivity index (χ3v) is 11.7. The minimum absolute atomic E-state index is 0.00221. The highest BCUT2D eigenvalue weighted by Gasteiger charge is 2.34. The number of aliphatic hydroxyl groups excluding tert-OH is 1. The van der Waals surface area contributed by atoms with E-state index in [0.717, 1.165) is 11.3 Å². The first kappa shape index (κ1) is 31.8. The Morgan fingerprint density at radius 3 is 2.50 bits per heavy atom. The first-order valence-corrected chi connectivity index (χ1v) is 17.0. The number of nitrogens with zero attached hydrogens (tertiary/aromatic N) is 2. The summed E-state index contributed by atoms with van der Waals surface area (Å²) in [7, 11) is -4.75. The zero-order valence-corrected chi connectivity index (χ0v) is 26.2. The molecule has 1 aliphatic rings. The molecule has 11 nitrogen and oxygen atoms in total. The summed E-state index contributed by atoms with van der Waals surface area (Å²) in [5.74, 6) is 0.265. The number of thiophene rings is 1. The van der Waals surface area contributed by atoms with Gasteiger partial charge in [-0.2, -0.15) is 4.31 Å². The van der Waals surface area contributed by atoms with Gasteiger partial charge in [0.2, 0.25) is 5.91 Å². The minimum Gasteiger partial charge on any atom is -0.497 e. The number of methoxy groups -OCH3 is 1. The van der Waals surface area contributed by atoms with Gasteiger partial charge >= 0.3 is 0 Å². The standard InChI is InChI=1S/C28H35N3O8S3/c1-19-16-31(20(2)18-32)27(33)15-21-14-22(29-41(34,35)24-10-8-23(38-4)9-11-24)7-12-25(21)39-26(19)17-30(3)42(36,37)28-6-5-13-40-28/h5-14,19-20,26,29,32H,15-18H2,1-4H3/t19-,20+,26-/m1/s1. The highest BCUT2D eigenvalue weighted by molar-refractivity contribution is 7.92. The molecule has 2 heterocycles. The molecule has 0 spiro atoms. The molecular formula is C28H35N3O8S3. The zero-order chi connectivity index (χ0) is 30.7. The van der Waals surface area contributed by atoms with Crippen molar-refractivity contribution in [2.24, 2.45) is 5.92 Å². The van der Waals surface area contributed by atoms with Crippen LogP contribution in [0.25, 0.3) is 0 Å². The molecule has 3 atom stereocenters. The summed E-state index contributed by atoms with van der Waals surface area (Å²) >= 11 is 1.12. The first-order valence-electron chi connectivity index (χ1n) is 13.2. The van der Waals surface area contributed by atoms with Gasteiger partial charge in [0, 0.05) is 30.8 Å². The second-order valence-corrected chi connectivity index (χ2v) is 15.1. The van der Waals surface area contributed by atoms with E-state index in [-0.39, 0.29) is 52.7 Å². The van der Waals surface area contributed by atoms with Crippen LogP contribution in [0.5, 0.6) is 11.5 Å². The van der Waals surface area contributed by atoms with Crippen LogP contribution < -0.4 is 14.2 Å². The van der Waals surface area contributed by atoms with Crippen LogP contribution in [-0.2, 0) is 31.3 Å². The third-order valence-electron chi connectivity index (χ3n) is 7.14. The van der Waals surface area contributed by atoms with Gasteiger partial charge in [-0.05, 0) is 60.8 Å². The molecule has 2 N–H and O–H groups in total. The number of carbonyl (C=O) groups is 1. The lowest BCUT2D eigenvalue weighted by Gasteiger charge is -2.33. The summed E-state index contributed by atoms with van der Waals surface area (Å²) in [5, 5.41) is 11.6. The van der Waals surface area contributed by atoms with Crippen molar-refractivity contribution in [3.63, 3.8) is 0 Å². The van der Waals surface area contributed by atoms with Crippen molar-refractivity contribution >= 4 is 43.0 Å². The second-order valence-electron chi connectivity index (χ2n) is 10.2. The van der Waals surface area contributed by atoms with E-state index in [1.165, 1.54) is 48.8 Å². The van der Waals surface area contributed by atoms with Gasteiger partial charge in [-0.15, -0.1) is 11.3 Å². The molecule has 1 amide bonds. The zero-order valence-electron chi connectivity index (χ0n) is 23.8. The van der Waals surface area contributed by atoms with Crippen LogP contribution in [0.4, 0.5) is 5.69 Å². The number of likely N-dealkylation sites (N-methyl/N-ethyl adjacent to an activating group) is 1. The highest BCUT2D eigenvalue weighted by Crippen LogP contribution is 2.31. The van der Waals surface area contributed by atoms with Crippen LogP contribution in [0.2, 0.25) is 0 Å². The number of aliphatic hydroxyl groups is 1. The molecule has 0 unspecified atom stereocenters. The Morgan fingerprint density at radius 2 is 1.88 bits per heavy atom. The van der Waals surface area contributed by atoms with Gasteiger partial charge in [-0.25, -0.2) is 16.8 Å². The second kappa shape index (κ2) is 13.0. The quantitative estimate of drug-likeness (QED) is 0.346. The number of nitrogens with one attached hydrogen (secondary N) is 1. The van der Waals surface area contributed by atoms with Gasteiger partial charge in [0.15, 0.2) is 0 Å². The number of amides is 1. The maximum absolute atomic E-state index is 13.5. The number of anilines is 1. The molecule has 0 saturated carbocycles. The third kappa shape index (κ3) is 7.06. The van der Waals surface area contributed by atoms with Crippen molar-refractivity contribution in [3.8, 4) is 11.5 Å². The van der Waals surface area contributed by atoms with Crippen LogP contribution in [0, 0.1) is 5.92 Å². The number of benzene rings is 2. The largest absolute Gasteiger partial charge is 0.497 e. The molecule has 0 fully saturated rings. The van der Waals surface area contributed by atoms with Crippen molar-refractivity contribution < 1.29 is 36.2 Å². The summed E-state index contributed by atoms with van der Waals surface area (Å²) in [5.41, 5.74) is 0.650. The average Bonchev–Trinajstić information content (AvgIpc) is 3.52. The van der Waals surface area contributed by atoms with E-state index in [1.807, 2.05) is 6.92 Å². The van der Waals surface area contributed by atoms with Crippen LogP contribution in [0.1, 0.15) is 19.4 Å². The number of carbonyl (C=O) groups excluding carboxylic acids is 1. The molecule has 42 heavy (non-hydrogen) atoms. The van der Waals surface area contributed by atoms with E-state index in [1.54, 1.807) is 41.5 Å². The number of hydrogen-bond donors (Lipinski definition) is 2. The maximum atomic E-state index is 13.5. The van der Waals surface area contributed by atoms with Gasteiger partial charge in [-0.1, -0.05) is 13.0 Å². The lowest BCUT2D eigenvalue weighted by molar-refractivity contribution is -0.134. The van der Waals surface area contributed by atoms with Crippen LogP contribution in [0.15, 0.2) is 69.1 Å². The SMILES string of the molecule is COc1ccc(S(=O)(=O)Nc2ccc3c(c2)CC(=O)N([C@@H](C)CO)C[C@@H](C)[C@@H](CN(C)S(=O)(=O)c2cccs2)O3)cc1. The topological polar surface area (TPSA) is 143 Å². The van der Waals surface area contributed by atoms with Crippen molar-refractivity contribution in [1.29, 1.82) is 0 Å². The Balaban J connectivity index is 1.67. The van der Waals surface area contributed by atoms with Crippen LogP contribution >= 0.6 is 11.3 Å². The number of sulfonamides is 2. The fourth-order valence-corrected chi connectivity index (χ4v) is 8.03. The number of fused-ring (bicyclic) bond motifs is 1. The van der Waals surface area contributed by atoms with Crippen molar-refractivity contribution in [2.75, 3.05) is 38.6 Å². The molecule has 0 saturated heterocycles. The first-order chi connectivity index (χ1) is 19.8. The Bertz CT molecular complexity index is 1590. The van der Waals surface area contributed by atoms with E-state index in [4.69, 9.17) is 9.47 Å². The molecule has 0 aliphatic carbocycles. The molecule has 0 radical (unpaired) electrons. The Labute approximate surface area is 250 Å². The number of hydrogen-bond acceptors (Lipinski definition) is 9. The van der Waals surface area contributed by atoms with Gasteiger partial charge < -0.3 is 19.5 Å². The summed E-state index contributed by atoms with van der Waals surface area (Å²) in [6, 6.07) is 13.3. The molecule has 228 valence electrons. The molecule has 1 aliphatic heterocycles.